The molecule has 3 aromatic rings. The Morgan fingerprint density at radius 3 is 2.60 bits per heavy atom. The van der Waals surface area contributed by atoms with Crippen molar-refractivity contribution in [1.82, 2.24) is 29.5 Å². The molecule has 0 aromatic carbocycles. The third-order valence-electron chi connectivity index (χ3n) is 7.20. The van der Waals surface area contributed by atoms with Gasteiger partial charge in [-0.1, -0.05) is 11.3 Å². The summed E-state index contributed by atoms with van der Waals surface area (Å²) in [4.78, 5) is 29.3. The van der Waals surface area contributed by atoms with Gasteiger partial charge in [-0.2, -0.15) is 5.10 Å². The molecule has 0 atom stereocenters. The average Bonchev–Trinajstić information content (AvgIpc) is 3.31. The molecule has 0 radical (unpaired) electrons. The minimum absolute atomic E-state index is 0.122. The Hall–Kier alpha value is -2.62. The molecular formula is C20H23N7O2S. The van der Waals surface area contributed by atoms with E-state index in [1.54, 1.807) is 7.05 Å². The van der Waals surface area contributed by atoms with Gasteiger partial charge in [-0.05, 0) is 56.3 Å². The molecule has 10 heteroatoms. The van der Waals surface area contributed by atoms with E-state index >= 15 is 0 Å². The summed E-state index contributed by atoms with van der Waals surface area (Å²) in [5.74, 6) is 2.19. The molecule has 3 aromatic heterocycles. The van der Waals surface area contributed by atoms with Crippen molar-refractivity contribution in [2.24, 2.45) is 24.8 Å². The second-order valence-corrected chi connectivity index (χ2v) is 10.3. The molecule has 0 aliphatic heterocycles. The van der Waals surface area contributed by atoms with E-state index in [2.05, 4.69) is 25.6 Å². The number of carbonyl (C=O) groups is 1. The number of aryl methyl sites for hydroxylation is 1. The summed E-state index contributed by atoms with van der Waals surface area (Å²) in [6.07, 6.45) is 10.6. The van der Waals surface area contributed by atoms with E-state index in [9.17, 15) is 9.59 Å². The predicted molar refractivity (Wildman–Crippen MR) is 111 cm³/mol. The van der Waals surface area contributed by atoms with Crippen LogP contribution in [0.25, 0.3) is 11.0 Å². The van der Waals surface area contributed by atoms with Crippen molar-refractivity contribution in [2.45, 2.75) is 50.5 Å². The maximum absolute atomic E-state index is 12.6. The van der Waals surface area contributed by atoms with Gasteiger partial charge in [-0.25, -0.2) is 4.98 Å². The maximum Gasteiger partial charge on any atom is 0.264 e. The molecular weight excluding hydrogens is 402 g/mol. The largest absolute Gasteiger partial charge is 0.299 e. The van der Waals surface area contributed by atoms with Crippen molar-refractivity contribution >= 4 is 33.4 Å². The minimum atomic E-state index is -0.310. The number of hydrogen-bond acceptors (Lipinski definition) is 7. The lowest BCUT2D eigenvalue weighted by Crippen LogP contribution is -2.48. The number of carbonyl (C=O) groups excluding carboxylic acids is 1. The van der Waals surface area contributed by atoms with Gasteiger partial charge >= 0.3 is 0 Å². The molecule has 0 unspecified atom stereocenters. The van der Waals surface area contributed by atoms with Gasteiger partial charge in [0.15, 0.2) is 5.65 Å². The van der Waals surface area contributed by atoms with Crippen molar-refractivity contribution < 1.29 is 4.79 Å². The van der Waals surface area contributed by atoms with Crippen molar-refractivity contribution in [2.75, 3.05) is 5.32 Å². The first kappa shape index (κ1) is 18.2. The Morgan fingerprint density at radius 1 is 1.20 bits per heavy atom. The summed E-state index contributed by atoms with van der Waals surface area (Å²) in [6, 6.07) is 0. The third-order valence-corrected chi connectivity index (χ3v) is 8.28. The fraction of sp³-hybridized carbons (Fsp3) is 0.600. The Morgan fingerprint density at radius 2 is 1.90 bits per heavy atom. The van der Waals surface area contributed by atoms with Crippen molar-refractivity contribution in [3.8, 4) is 0 Å². The van der Waals surface area contributed by atoms with Crippen LogP contribution in [0, 0.1) is 17.8 Å². The summed E-state index contributed by atoms with van der Waals surface area (Å²) in [6.45, 7) is -0.122. The zero-order valence-corrected chi connectivity index (χ0v) is 17.6. The van der Waals surface area contributed by atoms with E-state index in [-0.39, 0.29) is 23.4 Å². The number of hydrogen-bond donors (Lipinski definition) is 1. The SMILES string of the molecule is Cn1ncc2c(=O)n(CC(=O)Nc3nnc(C45CC6CC(CC(C6)C4)C5)s3)cnc21. The average molecular weight is 426 g/mol. The van der Waals surface area contributed by atoms with Gasteiger partial charge in [-0.3, -0.25) is 24.2 Å². The molecule has 0 saturated heterocycles. The number of anilines is 1. The standard InChI is InChI=1S/C20H23N7O2S/c1-26-16-14(8-22-26)17(29)27(10-21-16)9-15(28)23-19-25-24-18(30-19)20-5-11-2-12(6-20)4-13(3-11)7-20/h8,10-13H,2-7,9H2,1H3,(H,23,25,28). The topological polar surface area (TPSA) is 108 Å². The summed E-state index contributed by atoms with van der Waals surface area (Å²) >= 11 is 1.50. The third kappa shape index (κ3) is 2.80. The van der Waals surface area contributed by atoms with E-state index in [4.69, 9.17) is 0 Å². The van der Waals surface area contributed by atoms with Gasteiger partial charge in [0.1, 0.15) is 23.3 Å². The summed E-state index contributed by atoms with van der Waals surface area (Å²) < 4.78 is 2.83. The van der Waals surface area contributed by atoms with Crippen LogP contribution < -0.4 is 10.9 Å². The van der Waals surface area contributed by atoms with Gasteiger partial charge in [0.05, 0.1) is 6.20 Å². The molecule has 4 bridgehead atoms. The van der Waals surface area contributed by atoms with Gasteiger partial charge < -0.3 is 0 Å². The molecule has 9 nitrogen and oxygen atoms in total. The number of fused-ring (bicyclic) bond motifs is 1. The van der Waals surface area contributed by atoms with Crippen molar-refractivity contribution in [3.63, 3.8) is 0 Å². The lowest BCUT2D eigenvalue weighted by atomic mass is 9.50. The number of nitrogens with zero attached hydrogens (tertiary/aromatic N) is 6. The molecule has 7 rings (SSSR count). The van der Waals surface area contributed by atoms with Gasteiger partial charge in [0.2, 0.25) is 11.0 Å². The second-order valence-electron chi connectivity index (χ2n) is 9.34. The zero-order chi connectivity index (χ0) is 20.5. The fourth-order valence-electron chi connectivity index (χ4n) is 6.35. The molecule has 0 spiro atoms. The predicted octanol–water partition coefficient (Wildman–Crippen LogP) is 2.09. The Bertz CT molecular complexity index is 1170. The van der Waals surface area contributed by atoms with Crippen molar-refractivity contribution in [1.29, 1.82) is 0 Å². The highest BCUT2D eigenvalue weighted by molar-refractivity contribution is 7.15. The minimum Gasteiger partial charge on any atom is -0.299 e. The molecule has 30 heavy (non-hydrogen) atoms. The number of rotatable bonds is 4. The summed E-state index contributed by atoms with van der Waals surface area (Å²) in [7, 11) is 1.72. The monoisotopic (exact) mass is 425 g/mol. The molecule has 1 N–H and O–H groups in total. The van der Waals surface area contributed by atoms with Crippen LogP contribution in [0.15, 0.2) is 17.3 Å². The van der Waals surface area contributed by atoms with Crippen LogP contribution in [0.1, 0.15) is 43.5 Å². The van der Waals surface area contributed by atoms with Gasteiger partial charge in [0, 0.05) is 12.5 Å². The Balaban J connectivity index is 1.19. The molecule has 4 aliphatic carbocycles. The molecule has 3 heterocycles. The van der Waals surface area contributed by atoms with Crippen LogP contribution in [-0.4, -0.2) is 35.4 Å². The van der Waals surface area contributed by atoms with Crippen LogP contribution in [0.4, 0.5) is 5.13 Å². The molecule has 4 saturated carbocycles. The van der Waals surface area contributed by atoms with Gasteiger partial charge in [0.25, 0.3) is 5.56 Å². The smallest absolute Gasteiger partial charge is 0.264 e. The van der Waals surface area contributed by atoms with E-state index in [1.807, 2.05) is 0 Å². The van der Waals surface area contributed by atoms with Gasteiger partial charge in [-0.15, -0.1) is 10.2 Å². The first-order chi connectivity index (χ1) is 14.5. The normalized spacial score (nSPS) is 29.6. The summed E-state index contributed by atoms with van der Waals surface area (Å²) in [5.41, 5.74) is 0.387. The fourth-order valence-corrected chi connectivity index (χ4v) is 7.33. The van der Waals surface area contributed by atoms with E-state index in [1.165, 1.54) is 71.6 Å². The second kappa shape index (κ2) is 6.44. The Labute approximate surface area is 176 Å². The van der Waals surface area contributed by atoms with Crippen LogP contribution in [-0.2, 0) is 23.8 Å². The van der Waals surface area contributed by atoms with E-state index in [0.29, 0.717) is 16.2 Å². The number of amides is 1. The highest BCUT2D eigenvalue weighted by Crippen LogP contribution is 2.61. The first-order valence-corrected chi connectivity index (χ1v) is 11.3. The molecule has 1 amide bonds. The number of nitrogens with one attached hydrogen (secondary N) is 1. The highest BCUT2D eigenvalue weighted by Gasteiger charge is 2.53. The lowest BCUT2D eigenvalue weighted by Gasteiger charge is -2.55. The number of aromatic nitrogens is 6. The zero-order valence-electron chi connectivity index (χ0n) is 16.7. The lowest BCUT2D eigenvalue weighted by molar-refractivity contribution is -0.116. The quantitative estimate of drug-likeness (QED) is 0.686. The van der Waals surface area contributed by atoms with Crippen LogP contribution in [0.3, 0.4) is 0 Å². The maximum atomic E-state index is 12.6. The van der Waals surface area contributed by atoms with Crippen LogP contribution >= 0.6 is 11.3 Å². The molecule has 4 aliphatic rings. The van der Waals surface area contributed by atoms with Crippen molar-refractivity contribution in [3.05, 3.63) is 27.9 Å². The van der Waals surface area contributed by atoms with Crippen LogP contribution in [0.2, 0.25) is 0 Å². The van der Waals surface area contributed by atoms with E-state index < -0.39 is 0 Å². The van der Waals surface area contributed by atoms with E-state index in [0.717, 1.165) is 22.8 Å². The molecule has 156 valence electrons. The highest BCUT2D eigenvalue weighted by atomic mass is 32.1. The van der Waals surface area contributed by atoms with Crippen LogP contribution in [0.5, 0.6) is 0 Å². The first-order valence-electron chi connectivity index (χ1n) is 10.5. The summed E-state index contributed by atoms with van der Waals surface area (Å²) in [5, 5.41) is 17.6. The molecule has 4 fully saturated rings. The Kier molecular flexibility index (Phi) is 3.90.